The lowest BCUT2D eigenvalue weighted by Crippen LogP contribution is -2.45. The Morgan fingerprint density at radius 1 is 1.43 bits per heavy atom. The number of aliphatic hydroxyl groups excluding tert-OH is 3. The molecule has 0 spiro atoms. The van der Waals surface area contributed by atoms with Crippen molar-refractivity contribution in [1.82, 2.24) is 14.6 Å². The van der Waals surface area contributed by atoms with Gasteiger partial charge in [0.2, 0.25) is 5.60 Å². The maximum atomic E-state index is 10.4. The fourth-order valence-corrected chi connectivity index (χ4v) is 2.76. The molecule has 1 saturated heterocycles. The lowest BCUT2D eigenvalue weighted by Gasteiger charge is -2.26. The highest BCUT2D eigenvalue weighted by molar-refractivity contribution is 5.66. The van der Waals surface area contributed by atoms with Crippen LogP contribution in [-0.2, 0) is 10.3 Å². The second kappa shape index (κ2) is 4.91. The summed E-state index contributed by atoms with van der Waals surface area (Å²) >= 11 is 0. The lowest BCUT2D eigenvalue weighted by atomic mass is 9.89. The van der Waals surface area contributed by atoms with E-state index in [9.17, 15) is 20.6 Å². The first-order valence-corrected chi connectivity index (χ1v) is 6.60. The van der Waals surface area contributed by atoms with Crippen LogP contribution < -0.4 is 5.73 Å². The van der Waals surface area contributed by atoms with Crippen molar-refractivity contribution in [1.29, 1.82) is 5.26 Å². The number of terminal acetylenes is 1. The molecule has 9 nitrogen and oxygen atoms in total. The van der Waals surface area contributed by atoms with Gasteiger partial charge in [-0.2, -0.15) is 10.4 Å². The quantitative estimate of drug-likeness (QED) is 0.471. The molecule has 0 saturated carbocycles. The predicted molar refractivity (Wildman–Crippen MR) is 76.4 cm³/mol. The van der Waals surface area contributed by atoms with Crippen molar-refractivity contribution < 1.29 is 20.1 Å². The number of aromatic nitrogens is 3. The monoisotopic (exact) mass is 315 g/mol. The maximum Gasteiger partial charge on any atom is 0.226 e. The zero-order valence-electron chi connectivity index (χ0n) is 11.8. The first-order valence-electron chi connectivity index (χ1n) is 6.60. The van der Waals surface area contributed by atoms with Crippen molar-refractivity contribution in [2.75, 3.05) is 12.3 Å². The van der Waals surface area contributed by atoms with E-state index < -0.39 is 30.0 Å². The van der Waals surface area contributed by atoms with Crippen LogP contribution in [0.1, 0.15) is 5.69 Å². The number of nitrogens with two attached hydrogens (primary N) is 1. The van der Waals surface area contributed by atoms with Crippen LogP contribution in [0.5, 0.6) is 0 Å². The van der Waals surface area contributed by atoms with Gasteiger partial charge in [0.1, 0.15) is 30.1 Å². The minimum absolute atomic E-state index is 0.112. The number of hydrogen-bond acceptors (Lipinski definition) is 8. The molecule has 23 heavy (non-hydrogen) atoms. The molecular formula is C14H13N5O4. The van der Waals surface area contributed by atoms with Crippen molar-refractivity contribution in [3.05, 3.63) is 24.2 Å². The summed E-state index contributed by atoms with van der Waals surface area (Å²) in [5, 5.41) is 43.7. The van der Waals surface area contributed by atoms with E-state index in [1.165, 1.54) is 16.9 Å². The van der Waals surface area contributed by atoms with Gasteiger partial charge < -0.3 is 25.8 Å². The van der Waals surface area contributed by atoms with Crippen LogP contribution in [0.25, 0.3) is 5.52 Å². The highest BCUT2D eigenvalue weighted by atomic mass is 16.6. The molecular weight excluding hydrogens is 302 g/mol. The summed E-state index contributed by atoms with van der Waals surface area (Å²) in [6, 6.07) is 4.84. The summed E-state index contributed by atoms with van der Waals surface area (Å²) in [7, 11) is 0. The number of rotatable bonds is 2. The summed E-state index contributed by atoms with van der Waals surface area (Å²) in [5.41, 5.74) is 2.31. The van der Waals surface area contributed by atoms with E-state index in [0.717, 1.165) is 0 Å². The maximum absolute atomic E-state index is 10.4. The van der Waals surface area contributed by atoms with Gasteiger partial charge in [-0.1, -0.05) is 5.92 Å². The van der Waals surface area contributed by atoms with Gasteiger partial charge in [0.15, 0.2) is 11.4 Å². The molecule has 0 aliphatic carbocycles. The fraction of sp³-hybridized carbons (Fsp3) is 0.357. The Kier molecular flexibility index (Phi) is 3.25. The molecule has 1 fully saturated rings. The van der Waals surface area contributed by atoms with Gasteiger partial charge in [0.05, 0.1) is 12.3 Å². The van der Waals surface area contributed by atoms with Crippen molar-refractivity contribution in [3.63, 3.8) is 0 Å². The highest BCUT2D eigenvalue weighted by Gasteiger charge is 2.64. The van der Waals surface area contributed by atoms with Crippen LogP contribution in [0.2, 0.25) is 0 Å². The minimum atomic E-state index is -2.03. The molecule has 1 aliphatic rings. The number of nitrogens with zero attached hydrogens (tertiary/aromatic N) is 4. The molecule has 3 rings (SSSR count). The SMILES string of the molecule is C#C[C@]1(CO)O[C@@](C#N)(c2ccc3c(N)ncnn23)C(O)[C@H]1O. The summed E-state index contributed by atoms with van der Waals surface area (Å²) in [5.74, 6) is 2.28. The Balaban J connectivity index is 2.25. The van der Waals surface area contributed by atoms with Crippen LogP contribution in [0.15, 0.2) is 18.5 Å². The Morgan fingerprint density at radius 2 is 2.17 bits per heavy atom. The van der Waals surface area contributed by atoms with E-state index in [1.54, 1.807) is 6.07 Å². The molecule has 3 heterocycles. The fourth-order valence-electron chi connectivity index (χ4n) is 2.76. The summed E-state index contributed by atoms with van der Waals surface area (Å²) in [6.45, 7) is -0.772. The highest BCUT2D eigenvalue weighted by Crippen LogP contribution is 2.44. The zero-order valence-corrected chi connectivity index (χ0v) is 11.8. The standard InChI is InChI=1S/C14H13N5O4/c1-2-13(6-20)10(21)11(22)14(5-15,23-13)9-4-3-8-12(16)17-7-18-19(8)9/h1,3-4,7,10-11,20-22H,6H2,(H2,16,17,18)/t10-,11?,13-,14+/m1/s1. The van der Waals surface area contributed by atoms with Crippen LogP contribution in [0.3, 0.4) is 0 Å². The topological polar surface area (TPSA) is 150 Å². The number of fused-ring (bicyclic) bond motifs is 1. The van der Waals surface area contributed by atoms with Crippen LogP contribution in [0.4, 0.5) is 5.82 Å². The van der Waals surface area contributed by atoms with Gasteiger partial charge in [-0.3, -0.25) is 0 Å². The molecule has 2 aromatic heterocycles. The molecule has 4 atom stereocenters. The van der Waals surface area contributed by atoms with Gasteiger partial charge in [0.25, 0.3) is 0 Å². The first-order chi connectivity index (χ1) is 11.0. The average molecular weight is 315 g/mol. The molecule has 0 aromatic carbocycles. The minimum Gasteiger partial charge on any atom is -0.392 e. The number of aliphatic hydroxyl groups is 3. The molecule has 9 heteroatoms. The van der Waals surface area contributed by atoms with E-state index in [-0.39, 0.29) is 11.5 Å². The Bertz CT molecular complexity index is 853. The summed E-state index contributed by atoms with van der Waals surface area (Å²) < 4.78 is 6.80. The normalized spacial score (nSPS) is 33.4. The van der Waals surface area contributed by atoms with E-state index in [1.807, 2.05) is 6.07 Å². The van der Waals surface area contributed by atoms with Crippen molar-refractivity contribution >= 4 is 11.3 Å². The zero-order chi connectivity index (χ0) is 16.8. The Morgan fingerprint density at radius 3 is 2.74 bits per heavy atom. The third-order valence-corrected chi connectivity index (χ3v) is 4.04. The van der Waals surface area contributed by atoms with Gasteiger partial charge in [-0.15, -0.1) is 6.42 Å². The van der Waals surface area contributed by atoms with Gasteiger partial charge in [0, 0.05) is 0 Å². The van der Waals surface area contributed by atoms with Gasteiger partial charge in [-0.25, -0.2) is 9.50 Å². The predicted octanol–water partition coefficient (Wildman–Crippen LogP) is -1.85. The van der Waals surface area contributed by atoms with E-state index in [2.05, 4.69) is 16.0 Å². The smallest absolute Gasteiger partial charge is 0.226 e. The third kappa shape index (κ3) is 1.76. The number of ether oxygens (including phenoxy) is 1. The van der Waals surface area contributed by atoms with Crippen molar-refractivity contribution in [2.45, 2.75) is 23.4 Å². The van der Waals surface area contributed by atoms with Gasteiger partial charge in [-0.05, 0) is 12.1 Å². The van der Waals surface area contributed by atoms with E-state index in [0.29, 0.717) is 5.52 Å². The lowest BCUT2D eigenvalue weighted by molar-refractivity contribution is -0.101. The average Bonchev–Trinajstić information content (AvgIpc) is 3.09. The number of nitriles is 1. The second-order valence-corrected chi connectivity index (χ2v) is 5.19. The number of nitrogen functional groups attached to an aromatic ring is 1. The van der Waals surface area contributed by atoms with Gasteiger partial charge >= 0.3 is 0 Å². The molecule has 118 valence electrons. The number of hydrogen-bond donors (Lipinski definition) is 4. The van der Waals surface area contributed by atoms with Crippen molar-refractivity contribution in [2.24, 2.45) is 0 Å². The molecule has 5 N–H and O–H groups in total. The molecule has 0 radical (unpaired) electrons. The Hall–Kier alpha value is -2.69. The van der Waals surface area contributed by atoms with Crippen molar-refractivity contribution in [3.8, 4) is 18.4 Å². The van der Waals surface area contributed by atoms with E-state index in [4.69, 9.17) is 16.9 Å². The first kappa shape index (κ1) is 15.2. The second-order valence-electron chi connectivity index (χ2n) is 5.19. The number of anilines is 1. The Labute approximate surface area is 130 Å². The van der Waals surface area contributed by atoms with Crippen LogP contribution >= 0.6 is 0 Å². The summed E-state index contributed by atoms with van der Waals surface area (Å²) in [4.78, 5) is 3.83. The molecule has 2 aromatic rings. The largest absolute Gasteiger partial charge is 0.392 e. The van der Waals surface area contributed by atoms with Crippen LogP contribution in [-0.4, -0.2) is 54.3 Å². The molecule has 0 amide bonds. The molecule has 1 unspecified atom stereocenters. The van der Waals surface area contributed by atoms with E-state index >= 15 is 0 Å². The summed E-state index contributed by atoms with van der Waals surface area (Å²) in [6.07, 6.45) is 3.14. The third-order valence-electron chi connectivity index (χ3n) is 4.04. The molecule has 0 bridgehead atoms. The van der Waals surface area contributed by atoms with Crippen LogP contribution in [0, 0.1) is 23.7 Å². The molecule has 1 aliphatic heterocycles.